The number of carbonyl (C=O) groups excluding carboxylic acids is 1. The molecule has 2 aromatic rings. The number of benzene rings is 1. The number of hydrogen-bond donors (Lipinski definition) is 0. The predicted molar refractivity (Wildman–Crippen MR) is 87.2 cm³/mol. The van der Waals surface area contributed by atoms with Crippen molar-refractivity contribution in [3.63, 3.8) is 0 Å². The second-order valence-electron chi connectivity index (χ2n) is 6.10. The molecule has 1 atom stereocenters. The fraction of sp³-hybridized carbons (Fsp3) is 0.412. The van der Waals surface area contributed by atoms with Crippen LogP contribution in [0.25, 0.3) is 5.69 Å². The van der Waals surface area contributed by atoms with Crippen LogP contribution in [-0.2, 0) is 11.3 Å². The minimum Gasteiger partial charge on any atom is -0.497 e. The Balaban J connectivity index is 1.56. The van der Waals surface area contributed by atoms with Gasteiger partial charge in [-0.15, -0.1) is 0 Å². The molecule has 7 nitrogen and oxygen atoms in total. The van der Waals surface area contributed by atoms with Crippen LogP contribution in [0, 0.1) is 0 Å². The molecule has 0 spiro atoms. The summed E-state index contributed by atoms with van der Waals surface area (Å²) < 4.78 is 12.4. The summed E-state index contributed by atoms with van der Waals surface area (Å²) in [6.07, 6.45) is 3.53. The van der Waals surface area contributed by atoms with Crippen molar-refractivity contribution in [2.75, 3.05) is 33.4 Å². The van der Waals surface area contributed by atoms with Crippen LogP contribution in [0.1, 0.15) is 5.56 Å². The van der Waals surface area contributed by atoms with Gasteiger partial charge in [0.15, 0.2) is 0 Å². The van der Waals surface area contributed by atoms with Gasteiger partial charge in [0.05, 0.1) is 18.8 Å². The van der Waals surface area contributed by atoms with Crippen molar-refractivity contribution in [2.45, 2.75) is 12.6 Å². The highest BCUT2D eigenvalue weighted by Gasteiger charge is 2.37. The number of amides is 1. The molecule has 1 unspecified atom stereocenters. The third-order valence-electron chi connectivity index (χ3n) is 4.63. The number of piperazine rings is 1. The van der Waals surface area contributed by atoms with Crippen molar-refractivity contribution in [3.05, 3.63) is 42.2 Å². The van der Waals surface area contributed by atoms with Crippen molar-refractivity contribution in [1.82, 2.24) is 19.6 Å². The predicted octanol–water partition coefficient (Wildman–Crippen LogP) is 1.52. The maximum atomic E-state index is 11.6. The summed E-state index contributed by atoms with van der Waals surface area (Å²) in [5, 5.41) is 4.34. The number of cyclic esters (lactones) is 1. The summed E-state index contributed by atoms with van der Waals surface area (Å²) in [5.41, 5.74) is 2.19. The number of aromatic nitrogens is 2. The first kappa shape index (κ1) is 15.0. The van der Waals surface area contributed by atoms with Gasteiger partial charge in [0.1, 0.15) is 12.4 Å². The molecular formula is C17H20N4O3. The molecule has 2 fully saturated rings. The van der Waals surface area contributed by atoms with Gasteiger partial charge in [-0.05, 0) is 29.8 Å². The molecule has 126 valence electrons. The average Bonchev–Trinajstić information content (AvgIpc) is 3.25. The first-order valence-electron chi connectivity index (χ1n) is 8.07. The highest BCUT2D eigenvalue weighted by Crippen LogP contribution is 2.24. The molecule has 24 heavy (non-hydrogen) atoms. The summed E-state index contributed by atoms with van der Waals surface area (Å²) in [4.78, 5) is 15.8. The van der Waals surface area contributed by atoms with E-state index >= 15 is 0 Å². The second-order valence-corrected chi connectivity index (χ2v) is 6.10. The molecule has 7 heteroatoms. The van der Waals surface area contributed by atoms with E-state index in [4.69, 9.17) is 9.47 Å². The molecule has 0 saturated carbocycles. The molecule has 0 aliphatic carbocycles. The smallest absolute Gasteiger partial charge is 0.410 e. The van der Waals surface area contributed by atoms with Crippen molar-refractivity contribution in [2.24, 2.45) is 0 Å². The number of nitrogens with zero attached hydrogens (tertiary/aromatic N) is 4. The van der Waals surface area contributed by atoms with Gasteiger partial charge in [-0.1, -0.05) is 0 Å². The summed E-state index contributed by atoms with van der Waals surface area (Å²) in [5.74, 6) is 0.832. The van der Waals surface area contributed by atoms with Crippen molar-refractivity contribution < 1.29 is 14.3 Å². The largest absolute Gasteiger partial charge is 0.497 e. The third kappa shape index (κ3) is 2.71. The van der Waals surface area contributed by atoms with E-state index in [1.165, 1.54) is 0 Å². The Morgan fingerprint density at radius 1 is 1.38 bits per heavy atom. The van der Waals surface area contributed by atoms with Crippen LogP contribution >= 0.6 is 0 Å². The van der Waals surface area contributed by atoms with Gasteiger partial charge >= 0.3 is 6.09 Å². The van der Waals surface area contributed by atoms with E-state index in [0.717, 1.165) is 36.6 Å². The minimum atomic E-state index is -0.182. The topological polar surface area (TPSA) is 59.8 Å². The van der Waals surface area contributed by atoms with Crippen LogP contribution < -0.4 is 4.74 Å². The van der Waals surface area contributed by atoms with E-state index in [9.17, 15) is 4.79 Å². The molecule has 0 bridgehead atoms. The lowest BCUT2D eigenvalue weighted by Crippen LogP contribution is -2.51. The lowest BCUT2D eigenvalue weighted by molar-refractivity contribution is 0.115. The van der Waals surface area contributed by atoms with E-state index in [-0.39, 0.29) is 12.1 Å². The molecule has 2 saturated heterocycles. The minimum absolute atomic E-state index is 0.157. The second kappa shape index (κ2) is 6.16. The van der Waals surface area contributed by atoms with Gasteiger partial charge in [0.25, 0.3) is 0 Å². The fourth-order valence-corrected chi connectivity index (χ4v) is 3.39. The molecule has 3 heterocycles. The zero-order valence-corrected chi connectivity index (χ0v) is 13.6. The van der Waals surface area contributed by atoms with Gasteiger partial charge in [0.2, 0.25) is 0 Å². The maximum absolute atomic E-state index is 11.6. The Kier molecular flexibility index (Phi) is 3.86. The Hall–Kier alpha value is -2.54. The highest BCUT2D eigenvalue weighted by atomic mass is 16.6. The molecule has 1 aromatic carbocycles. The Morgan fingerprint density at radius 3 is 3.08 bits per heavy atom. The number of fused-ring (bicyclic) bond motifs is 1. The van der Waals surface area contributed by atoms with E-state index in [0.29, 0.717) is 13.2 Å². The number of hydrogen-bond acceptors (Lipinski definition) is 5. The van der Waals surface area contributed by atoms with Crippen molar-refractivity contribution in [3.8, 4) is 11.4 Å². The number of carbonyl (C=O) groups is 1. The van der Waals surface area contributed by atoms with E-state index < -0.39 is 0 Å². The zero-order valence-electron chi connectivity index (χ0n) is 13.6. The van der Waals surface area contributed by atoms with Gasteiger partial charge < -0.3 is 9.47 Å². The molecule has 1 amide bonds. The van der Waals surface area contributed by atoms with Crippen LogP contribution in [0.3, 0.4) is 0 Å². The van der Waals surface area contributed by atoms with Gasteiger partial charge in [-0.2, -0.15) is 5.10 Å². The first-order chi connectivity index (χ1) is 11.7. The monoisotopic (exact) mass is 328 g/mol. The average molecular weight is 328 g/mol. The molecule has 4 rings (SSSR count). The summed E-state index contributed by atoms with van der Waals surface area (Å²) in [6.45, 7) is 3.64. The maximum Gasteiger partial charge on any atom is 0.410 e. The van der Waals surface area contributed by atoms with Crippen molar-refractivity contribution in [1.29, 1.82) is 0 Å². The van der Waals surface area contributed by atoms with Gasteiger partial charge in [-0.3, -0.25) is 9.80 Å². The summed E-state index contributed by atoms with van der Waals surface area (Å²) in [7, 11) is 1.67. The third-order valence-corrected chi connectivity index (χ3v) is 4.63. The van der Waals surface area contributed by atoms with Crippen LogP contribution in [0.2, 0.25) is 0 Å². The lowest BCUT2D eigenvalue weighted by atomic mass is 10.1. The van der Waals surface area contributed by atoms with Crippen LogP contribution in [-0.4, -0.2) is 65.1 Å². The zero-order chi connectivity index (χ0) is 16.5. The molecule has 0 N–H and O–H groups in total. The number of rotatable bonds is 4. The Labute approximate surface area is 140 Å². The lowest BCUT2D eigenvalue weighted by Gasteiger charge is -2.35. The summed E-state index contributed by atoms with van der Waals surface area (Å²) in [6, 6.07) is 8.10. The Bertz CT molecular complexity index is 731. The Morgan fingerprint density at radius 2 is 2.29 bits per heavy atom. The molecule has 0 radical (unpaired) electrons. The summed E-state index contributed by atoms with van der Waals surface area (Å²) >= 11 is 0. The molecule has 2 aliphatic heterocycles. The van der Waals surface area contributed by atoms with Crippen LogP contribution in [0.15, 0.2) is 36.7 Å². The van der Waals surface area contributed by atoms with E-state index in [2.05, 4.69) is 16.1 Å². The van der Waals surface area contributed by atoms with Crippen LogP contribution in [0.5, 0.6) is 5.75 Å². The quantitative estimate of drug-likeness (QED) is 0.852. The SMILES string of the molecule is COc1ccc(-n2cccn2)c(CN2CCN3C(=O)OCC3C2)c1. The number of ether oxygens (including phenoxy) is 2. The normalized spacial score (nSPS) is 20.8. The number of methoxy groups -OCH3 is 1. The molecular weight excluding hydrogens is 308 g/mol. The molecule has 2 aliphatic rings. The standard InChI is InChI=1S/C17H20N4O3/c1-23-15-3-4-16(21-6-2-5-18-21)13(9-15)10-19-7-8-20-14(11-19)12-24-17(20)22/h2-6,9,14H,7-8,10-12H2,1H3. The first-order valence-corrected chi connectivity index (χ1v) is 8.07. The van der Waals surface area contributed by atoms with Gasteiger partial charge in [-0.25, -0.2) is 9.48 Å². The van der Waals surface area contributed by atoms with E-state index in [1.807, 2.05) is 34.0 Å². The molecule has 1 aromatic heterocycles. The van der Waals surface area contributed by atoms with E-state index in [1.54, 1.807) is 13.3 Å². The highest BCUT2D eigenvalue weighted by molar-refractivity contribution is 5.70. The van der Waals surface area contributed by atoms with Crippen LogP contribution in [0.4, 0.5) is 4.79 Å². The van der Waals surface area contributed by atoms with Crippen molar-refractivity contribution >= 4 is 6.09 Å². The van der Waals surface area contributed by atoms with Gasteiger partial charge in [0, 0.05) is 38.6 Å². The fourth-order valence-electron chi connectivity index (χ4n) is 3.39.